The van der Waals surface area contributed by atoms with Gasteiger partial charge in [-0.15, -0.1) is 11.3 Å². The minimum Gasteiger partial charge on any atom is -0.354 e. The Kier molecular flexibility index (Phi) is 3.75. The zero-order valence-corrected chi connectivity index (χ0v) is 11.9. The van der Waals surface area contributed by atoms with Crippen LogP contribution < -0.4 is 4.90 Å². The molecule has 1 atom stereocenters. The van der Waals surface area contributed by atoms with Crippen molar-refractivity contribution in [3.05, 3.63) is 41.0 Å². The molecule has 1 unspecified atom stereocenters. The topological polar surface area (TPSA) is 32.3 Å². The maximum absolute atomic E-state index is 4.42. The molecule has 0 spiro atoms. The molecular formula is C14H18N4S. The van der Waals surface area contributed by atoms with E-state index in [1.54, 1.807) is 11.3 Å². The predicted molar refractivity (Wildman–Crippen MR) is 78.6 cm³/mol. The fourth-order valence-electron chi connectivity index (χ4n) is 2.48. The summed E-state index contributed by atoms with van der Waals surface area (Å²) in [5.41, 5.74) is 0. The Hall–Kier alpha value is -1.46. The molecule has 2 aromatic rings. The molecule has 4 nitrogen and oxygen atoms in total. The van der Waals surface area contributed by atoms with Crippen LogP contribution >= 0.6 is 11.3 Å². The molecule has 1 fully saturated rings. The summed E-state index contributed by atoms with van der Waals surface area (Å²) < 4.78 is 0. The van der Waals surface area contributed by atoms with Gasteiger partial charge >= 0.3 is 0 Å². The second kappa shape index (κ2) is 5.67. The maximum atomic E-state index is 4.42. The summed E-state index contributed by atoms with van der Waals surface area (Å²) in [7, 11) is 0. The van der Waals surface area contributed by atoms with E-state index in [-0.39, 0.29) is 0 Å². The van der Waals surface area contributed by atoms with E-state index in [1.165, 1.54) is 5.01 Å². The number of hydrogen-bond donors (Lipinski definition) is 0. The van der Waals surface area contributed by atoms with Crippen molar-refractivity contribution >= 4 is 17.2 Å². The predicted octanol–water partition coefficient (Wildman–Crippen LogP) is 2.42. The average molecular weight is 274 g/mol. The van der Waals surface area contributed by atoms with Crippen LogP contribution in [0.2, 0.25) is 0 Å². The number of anilines is 1. The molecule has 100 valence electrons. The summed E-state index contributed by atoms with van der Waals surface area (Å²) in [6.45, 7) is 6.45. The van der Waals surface area contributed by atoms with Crippen LogP contribution in [0, 0.1) is 0 Å². The number of nitrogens with zero attached hydrogens (tertiary/aromatic N) is 4. The first-order chi connectivity index (χ1) is 9.34. The normalized spacial score (nSPS) is 18.5. The Labute approximate surface area is 117 Å². The maximum Gasteiger partial charge on any atom is 0.128 e. The summed E-state index contributed by atoms with van der Waals surface area (Å²) in [4.78, 5) is 13.7. The third-order valence-corrected chi connectivity index (χ3v) is 4.59. The van der Waals surface area contributed by atoms with Gasteiger partial charge in [0.1, 0.15) is 10.8 Å². The summed E-state index contributed by atoms with van der Waals surface area (Å²) in [5, 5.41) is 3.27. The Morgan fingerprint density at radius 2 is 1.95 bits per heavy atom. The lowest BCUT2D eigenvalue weighted by molar-refractivity contribution is 0.198. The molecule has 5 heteroatoms. The van der Waals surface area contributed by atoms with Crippen molar-refractivity contribution in [2.45, 2.75) is 13.0 Å². The second-order valence-electron chi connectivity index (χ2n) is 4.76. The molecule has 0 aromatic carbocycles. The summed E-state index contributed by atoms with van der Waals surface area (Å²) in [6, 6.07) is 6.52. The molecule has 0 saturated carbocycles. The minimum absolute atomic E-state index is 0.422. The molecule has 0 aliphatic carbocycles. The number of aromatic nitrogens is 2. The van der Waals surface area contributed by atoms with Gasteiger partial charge in [0.05, 0.1) is 6.04 Å². The highest BCUT2D eigenvalue weighted by molar-refractivity contribution is 7.09. The third kappa shape index (κ3) is 2.77. The van der Waals surface area contributed by atoms with Crippen LogP contribution in [0.5, 0.6) is 0 Å². The number of pyridine rings is 1. The van der Waals surface area contributed by atoms with Crippen LogP contribution in [0.4, 0.5) is 5.82 Å². The van der Waals surface area contributed by atoms with Crippen molar-refractivity contribution in [3.63, 3.8) is 0 Å². The van der Waals surface area contributed by atoms with Gasteiger partial charge in [0.15, 0.2) is 0 Å². The summed E-state index contributed by atoms with van der Waals surface area (Å²) in [6.07, 6.45) is 3.75. The smallest absolute Gasteiger partial charge is 0.128 e. The fourth-order valence-corrected chi connectivity index (χ4v) is 3.20. The molecule has 0 N–H and O–H groups in total. The van der Waals surface area contributed by atoms with E-state index in [9.17, 15) is 0 Å². The van der Waals surface area contributed by atoms with Crippen molar-refractivity contribution < 1.29 is 0 Å². The van der Waals surface area contributed by atoms with Gasteiger partial charge in [-0.3, -0.25) is 4.90 Å². The molecule has 1 saturated heterocycles. The average Bonchev–Trinajstić information content (AvgIpc) is 3.02. The summed E-state index contributed by atoms with van der Waals surface area (Å²) >= 11 is 1.74. The van der Waals surface area contributed by atoms with Crippen LogP contribution in [-0.2, 0) is 0 Å². The van der Waals surface area contributed by atoms with Crippen molar-refractivity contribution in [1.29, 1.82) is 0 Å². The molecule has 3 heterocycles. The standard InChI is InChI=1S/C14H18N4S/c1-12(14-16-6-11-19-14)17-7-9-18(10-8-17)13-4-2-3-5-15-13/h2-6,11-12H,7-10H2,1H3. The van der Waals surface area contributed by atoms with E-state index in [4.69, 9.17) is 0 Å². The van der Waals surface area contributed by atoms with E-state index < -0.39 is 0 Å². The second-order valence-corrected chi connectivity index (χ2v) is 5.68. The molecule has 1 aliphatic heterocycles. The van der Waals surface area contributed by atoms with Gasteiger partial charge < -0.3 is 4.90 Å². The van der Waals surface area contributed by atoms with E-state index in [0.29, 0.717) is 6.04 Å². The lowest BCUT2D eigenvalue weighted by atomic mass is 10.2. The zero-order chi connectivity index (χ0) is 13.1. The fraction of sp³-hybridized carbons (Fsp3) is 0.429. The SMILES string of the molecule is CC(c1nccs1)N1CCN(c2ccccn2)CC1. The number of thiazole rings is 1. The number of rotatable bonds is 3. The first-order valence-electron chi connectivity index (χ1n) is 6.64. The van der Waals surface area contributed by atoms with Crippen molar-refractivity contribution in [2.75, 3.05) is 31.1 Å². The van der Waals surface area contributed by atoms with Gasteiger partial charge in [-0.2, -0.15) is 0 Å². The highest BCUT2D eigenvalue weighted by Gasteiger charge is 2.23. The van der Waals surface area contributed by atoms with Gasteiger partial charge in [0.2, 0.25) is 0 Å². The quantitative estimate of drug-likeness (QED) is 0.860. The third-order valence-electron chi connectivity index (χ3n) is 3.64. The van der Waals surface area contributed by atoms with Gasteiger partial charge in [-0.25, -0.2) is 9.97 Å². The van der Waals surface area contributed by atoms with Gasteiger partial charge in [0, 0.05) is 44.0 Å². The zero-order valence-electron chi connectivity index (χ0n) is 11.1. The van der Waals surface area contributed by atoms with Crippen molar-refractivity contribution in [3.8, 4) is 0 Å². The first-order valence-corrected chi connectivity index (χ1v) is 7.52. The van der Waals surface area contributed by atoms with Crippen LogP contribution in [0.25, 0.3) is 0 Å². The Bertz CT molecular complexity index is 491. The van der Waals surface area contributed by atoms with Crippen LogP contribution in [0.15, 0.2) is 36.0 Å². The van der Waals surface area contributed by atoms with Gasteiger partial charge in [-0.1, -0.05) is 6.07 Å². The molecule has 1 aliphatic rings. The van der Waals surface area contributed by atoms with Crippen molar-refractivity contribution in [1.82, 2.24) is 14.9 Å². The molecule has 0 amide bonds. The van der Waals surface area contributed by atoms with Crippen LogP contribution in [-0.4, -0.2) is 41.0 Å². The van der Waals surface area contributed by atoms with Crippen LogP contribution in [0.3, 0.4) is 0 Å². The highest BCUT2D eigenvalue weighted by Crippen LogP contribution is 2.24. The van der Waals surface area contributed by atoms with E-state index in [0.717, 1.165) is 32.0 Å². The highest BCUT2D eigenvalue weighted by atomic mass is 32.1. The molecular weight excluding hydrogens is 256 g/mol. The van der Waals surface area contributed by atoms with Gasteiger partial charge in [0.25, 0.3) is 0 Å². The molecule has 3 rings (SSSR count). The molecule has 0 bridgehead atoms. The Morgan fingerprint density at radius 3 is 2.58 bits per heavy atom. The summed E-state index contributed by atoms with van der Waals surface area (Å²) in [5.74, 6) is 1.09. The lowest BCUT2D eigenvalue weighted by Crippen LogP contribution is -2.47. The Morgan fingerprint density at radius 1 is 1.11 bits per heavy atom. The van der Waals surface area contributed by atoms with Crippen LogP contribution in [0.1, 0.15) is 18.0 Å². The molecule has 19 heavy (non-hydrogen) atoms. The lowest BCUT2D eigenvalue weighted by Gasteiger charge is -2.37. The molecule has 0 radical (unpaired) electrons. The van der Waals surface area contributed by atoms with E-state index >= 15 is 0 Å². The van der Waals surface area contributed by atoms with E-state index in [2.05, 4.69) is 38.1 Å². The molecule has 2 aromatic heterocycles. The largest absolute Gasteiger partial charge is 0.354 e. The van der Waals surface area contributed by atoms with Crippen molar-refractivity contribution in [2.24, 2.45) is 0 Å². The van der Waals surface area contributed by atoms with E-state index in [1.807, 2.05) is 24.5 Å². The van der Waals surface area contributed by atoms with Gasteiger partial charge in [-0.05, 0) is 19.1 Å². The number of piperazine rings is 1. The first kappa shape index (κ1) is 12.6. The number of hydrogen-bond acceptors (Lipinski definition) is 5. The monoisotopic (exact) mass is 274 g/mol. The Balaban J connectivity index is 1.61. The minimum atomic E-state index is 0.422.